The second kappa shape index (κ2) is 11.5. The Bertz CT molecular complexity index is 994. The number of hydrogen-bond donors (Lipinski definition) is 4. The number of ether oxygens (including phenoxy) is 2. The van der Waals surface area contributed by atoms with Gasteiger partial charge in [-0.3, -0.25) is 4.90 Å². The lowest BCUT2D eigenvalue weighted by molar-refractivity contribution is -0.159. The van der Waals surface area contributed by atoms with E-state index in [0.29, 0.717) is 11.7 Å². The zero-order chi connectivity index (χ0) is 24.7. The maximum absolute atomic E-state index is 9.79. The van der Waals surface area contributed by atoms with Crippen molar-refractivity contribution >= 4 is 23.3 Å². The summed E-state index contributed by atoms with van der Waals surface area (Å²) < 4.78 is 11.0. The molecule has 1 atom stereocenters. The van der Waals surface area contributed by atoms with Crippen LogP contribution >= 0.6 is 0 Å². The Kier molecular flexibility index (Phi) is 8.42. The molecule has 0 aliphatic carbocycles. The predicted molar refractivity (Wildman–Crippen MR) is 127 cm³/mol. The third-order valence-electron chi connectivity index (χ3n) is 6.08. The minimum Gasteiger partial charge on any atom is -0.504 e. The molecule has 10 nitrogen and oxygen atoms in total. The van der Waals surface area contributed by atoms with E-state index in [0.717, 1.165) is 69.3 Å². The van der Waals surface area contributed by atoms with Crippen LogP contribution < -0.4 is 20.1 Å². The number of piperazine rings is 1. The lowest BCUT2D eigenvalue weighted by Gasteiger charge is -2.37. The van der Waals surface area contributed by atoms with Gasteiger partial charge in [-0.15, -0.1) is 0 Å². The summed E-state index contributed by atoms with van der Waals surface area (Å²) in [6.07, 6.45) is 2.19. The predicted octanol–water partition coefficient (Wildman–Crippen LogP) is 2.22. The number of fused-ring (bicyclic) bond motifs is 1. The first-order valence-corrected chi connectivity index (χ1v) is 11.1. The monoisotopic (exact) mass is 473 g/mol. The third-order valence-corrected chi connectivity index (χ3v) is 6.08. The molecule has 2 aromatic carbocycles. The van der Waals surface area contributed by atoms with E-state index >= 15 is 0 Å². The summed E-state index contributed by atoms with van der Waals surface area (Å²) in [5.41, 5.74) is 9.16. The number of methoxy groups -OCH3 is 1. The number of aliphatic carboxylic acids is 2. The Morgan fingerprint density at radius 3 is 2.44 bits per heavy atom. The molecule has 0 spiro atoms. The van der Waals surface area contributed by atoms with Crippen molar-refractivity contribution in [2.24, 2.45) is 0 Å². The van der Waals surface area contributed by atoms with E-state index in [1.54, 1.807) is 13.2 Å². The van der Waals surface area contributed by atoms with E-state index in [1.807, 2.05) is 24.3 Å². The number of hydrogen-bond acceptors (Lipinski definition) is 8. The van der Waals surface area contributed by atoms with Crippen molar-refractivity contribution in [3.05, 3.63) is 42.0 Å². The summed E-state index contributed by atoms with van der Waals surface area (Å²) in [4.78, 5) is 23.1. The number of carbonyl (C=O) groups is 2. The standard InChI is InChI=1S/C22H29N3O3.C2H2O4/c1-27-22-15-18(3-4-20(22)26)25-11-9-24(10-12-25)8-6-16-7-13-28-21-5-2-17(23)14-19(16)21;3-1(4)2(5)6/h2-5,14-16,26H,6-13,23H2,1H3;(H,3,4)(H,5,6). The topological polar surface area (TPSA) is 146 Å². The van der Waals surface area contributed by atoms with Gasteiger partial charge in [-0.25, -0.2) is 9.59 Å². The zero-order valence-corrected chi connectivity index (χ0v) is 19.1. The van der Waals surface area contributed by atoms with E-state index in [4.69, 9.17) is 35.0 Å². The number of phenols is 1. The fourth-order valence-corrected chi connectivity index (χ4v) is 4.21. The van der Waals surface area contributed by atoms with Gasteiger partial charge in [0, 0.05) is 43.6 Å². The van der Waals surface area contributed by atoms with Crippen LogP contribution in [0.3, 0.4) is 0 Å². The molecule has 2 aromatic rings. The fourth-order valence-electron chi connectivity index (χ4n) is 4.21. The van der Waals surface area contributed by atoms with Gasteiger partial charge in [-0.2, -0.15) is 0 Å². The highest BCUT2D eigenvalue weighted by Gasteiger charge is 2.24. The number of benzene rings is 2. The molecule has 10 heteroatoms. The van der Waals surface area contributed by atoms with E-state index in [-0.39, 0.29) is 5.75 Å². The first kappa shape index (κ1) is 25.0. The Morgan fingerprint density at radius 1 is 1.09 bits per heavy atom. The van der Waals surface area contributed by atoms with Gasteiger partial charge in [-0.05, 0) is 61.2 Å². The van der Waals surface area contributed by atoms with E-state index in [2.05, 4.69) is 15.9 Å². The normalized spacial score (nSPS) is 17.6. The van der Waals surface area contributed by atoms with Crippen LogP contribution in [-0.2, 0) is 9.59 Å². The molecule has 1 fully saturated rings. The molecule has 0 amide bonds. The highest BCUT2D eigenvalue weighted by molar-refractivity contribution is 6.27. The number of phenolic OH excluding ortho intramolecular Hbond substituents is 1. The van der Waals surface area contributed by atoms with Crippen LogP contribution in [0.4, 0.5) is 11.4 Å². The molecule has 1 saturated heterocycles. The van der Waals surface area contributed by atoms with Gasteiger partial charge in [0.1, 0.15) is 5.75 Å². The van der Waals surface area contributed by atoms with Gasteiger partial charge in [0.05, 0.1) is 13.7 Å². The van der Waals surface area contributed by atoms with Crippen LogP contribution in [0.25, 0.3) is 0 Å². The van der Waals surface area contributed by atoms with Crippen LogP contribution in [0.2, 0.25) is 0 Å². The Labute approximate surface area is 198 Å². The Balaban J connectivity index is 0.000000481. The lowest BCUT2D eigenvalue weighted by Crippen LogP contribution is -2.46. The number of nitrogen functional groups attached to an aromatic ring is 1. The van der Waals surface area contributed by atoms with Crippen molar-refractivity contribution in [1.29, 1.82) is 0 Å². The first-order valence-electron chi connectivity index (χ1n) is 11.1. The Morgan fingerprint density at radius 2 is 1.79 bits per heavy atom. The zero-order valence-electron chi connectivity index (χ0n) is 19.1. The van der Waals surface area contributed by atoms with Crippen molar-refractivity contribution < 1.29 is 34.4 Å². The summed E-state index contributed by atoms with van der Waals surface area (Å²) >= 11 is 0. The van der Waals surface area contributed by atoms with Crippen molar-refractivity contribution in [2.75, 3.05) is 57.1 Å². The van der Waals surface area contributed by atoms with Crippen molar-refractivity contribution in [3.8, 4) is 17.2 Å². The largest absolute Gasteiger partial charge is 0.504 e. The molecule has 0 radical (unpaired) electrons. The van der Waals surface area contributed by atoms with Gasteiger partial charge in [-0.1, -0.05) is 0 Å². The maximum Gasteiger partial charge on any atom is 0.414 e. The highest BCUT2D eigenvalue weighted by Crippen LogP contribution is 2.37. The van der Waals surface area contributed by atoms with Crippen LogP contribution in [0.1, 0.15) is 24.3 Å². The molecule has 184 valence electrons. The van der Waals surface area contributed by atoms with Crippen molar-refractivity contribution in [1.82, 2.24) is 4.90 Å². The molecular formula is C24H31N3O7. The van der Waals surface area contributed by atoms with Crippen LogP contribution in [0, 0.1) is 0 Å². The van der Waals surface area contributed by atoms with Gasteiger partial charge >= 0.3 is 11.9 Å². The van der Waals surface area contributed by atoms with E-state index in [1.165, 1.54) is 5.56 Å². The number of nitrogens with zero attached hydrogens (tertiary/aromatic N) is 2. The molecule has 2 aliphatic rings. The third kappa shape index (κ3) is 6.44. The average Bonchev–Trinajstić information content (AvgIpc) is 2.83. The smallest absolute Gasteiger partial charge is 0.414 e. The second-order valence-corrected chi connectivity index (χ2v) is 8.22. The second-order valence-electron chi connectivity index (χ2n) is 8.22. The summed E-state index contributed by atoms with van der Waals surface area (Å²) in [5, 5.41) is 24.6. The first-order chi connectivity index (χ1) is 16.3. The number of rotatable bonds is 5. The van der Waals surface area contributed by atoms with E-state index in [9.17, 15) is 5.11 Å². The summed E-state index contributed by atoms with van der Waals surface area (Å²) in [7, 11) is 1.58. The molecule has 0 aromatic heterocycles. The molecular weight excluding hydrogens is 442 g/mol. The summed E-state index contributed by atoms with van der Waals surface area (Å²) in [6.45, 7) is 5.91. The van der Waals surface area contributed by atoms with Gasteiger partial charge in [0.15, 0.2) is 11.5 Å². The summed E-state index contributed by atoms with van der Waals surface area (Å²) in [6, 6.07) is 11.6. The van der Waals surface area contributed by atoms with E-state index < -0.39 is 11.9 Å². The highest BCUT2D eigenvalue weighted by atomic mass is 16.5. The quantitative estimate of drug-likeness (QED) is 0.377. The number of nitrogens with two attached hydrogens (primary N) is 1. The number of aromatic hydroxyl groups is 1. The molecule has 4 rings (SSSR count). The fraction of sp³-hybridized carbons (Fsp3) is 0.417. The van der Waals surface area contributed by atoms with Crippen LogP contribution in [0.15, 0.2) is 36.4 Å². The van der Waals surface area contributed by atoms with Crippen molar-refractivity contribution in [3.63, 3.8) is 0 Å². The molecule has 2 aliphatic heterocycles. The summed E-state index contributed by atoms with van der Waals surface area (Å²) in [5.74, 6) is -1.42. The minimum absolute atomic E-state index is 0.183. The van der Waals surface area contributed by atoms with Crippen molar-refractivity contribution in [2.45, 2.75) is 18.8 Å². The molecule has 0 bridgehead atoms. The molecule has 5 N–H and O–H groups in total. The molecule has 34 heavy (non-hydrogen) atoms. The number of carboxylic acids is 2. The number of carboxylic acid groups (broad SMARTS) is 2. The van der Waals surface area contributed by atoms with Gasteiger partial charge in [0.2, 0.25) is 0 Å². The van der Waals surface area contributed by atoms with Gasteiger partial charge < -0.3 is 35.4 Å². The minimum atomic E-state index is -1.82. The van der Waals surface area contributed by atoms with Crippen LogP contribution in [-0.4, -0.2) is 78.6 Å². The lowest BCUT2D eigenvalue weighted by atomic mass is 9.89. The van der Waals surface area contributed by atoms with Crippen LogP contribution in [0.5, 0.6) is 17.2 Å². The van der Waals surface area contributed by atoms with Gasteiger partial charge in [0.25, 0.3) is 0 Å². The number of anilines is 2. The molecule has 2 heterocycles. The average molecular weight is 474 g/mol. The SMILES string of the molecule is COc1cc(N2CCN(CCC3CCOc4ccc(N)cc43)CC2)ccc1O.O=C(O)C(=O)O. The Hall–Kier alpha value is -3.66. The molecule has 1 unspecified atom stereocenters. The maximum atomic E-state index is 9.79. The molecule has 0 saturated carbocycles.